The van der Waals surface area contributed by atoms with Crippen molar-refractivity contribution in [2.75, 3.05) is 25.5 Å². The van der Waals surface area contributed by atoms with E-state index in [1.54, 1.807) is 0 Å². The molecule has 1 amide bonds. The molecule has 1 aromatic carbocycles. The minimum absolute atomic E-state index is 0.0212. The lowest BCUT2D eigenvalue weighted by Gasteiger charge is -2.07. The van der Waals surface area contributed by atoms with Crippen LogP contribution in [0.5, 0.6) is 0 Å². The maximum absolute atomic E-state index is 11.5. The van der Waals surface area contributed by atoms with Gasteiger partial charge in [-0.15, -0.1) is 0 Å². The minimum atomic E-state index is 0.0212. The van der Waals surface area contributed by atoms with Crippen molar-refractivity contribution < 1.29 is 9.53 Å². The van der Waals surface area contributed by atoms with Crippen LogP contribution < -0.4 is 10.6 Å². The zero-order valence-corrected chi connectivity index (χ0v) is 10.5. The van der Waals surface area contributed by atoms with Crippen LogP contribution in [0.15, 0.2) is 24.3 Å². The highest BCUT2D eigenvalue weighted by molar-refractivity contribution is 5.90. The molecule has 0 atom stereocenters. The summed E-state index contributed by atoms with van der Waals surface area (Å²) < 4.78 is 5.32. The van der Waals surface area contributed by atoms with Crippen molar-refractivity contribution in [2.24, 2.45) is 0 Å². The quantitative estimate of drug-likeness (QED) is 0.758. The van der Waals surface area contributed by atoms with Gasteiger partial charge in [0.1, 0.15) is 0 Å². The molecule has 0 unspecified atom stereocenters. The van der Waals surface area contributed by atoms with Gasteiger partial charge in [-0.25, -0.2) is 0 Å². The molecule has 1 rings (SSSR count). The molecule has 0 fully saturated rings. The van der Waals surface area contributed by atoms with Crippen LogP contribution in [0.4, 0.5) is 5.69 Å². The lowest BCUT2D eigenvalue weighted by molar-refractivity contribution is -0.116. The summed E-state index contributed by atoms with van der Waals surface area (Å²) in [5, 5.41) is 5.80. The Hall–Kier alpha value is -1.39. The minimum Gasteiger partial charge on any atom is -0.377 e. The molecule has 0 radical (unpaired) electrons. The van der Waals surface area contributed by atoms with Gasteiger partial charge in [0.2, 0.25) is 5.91 Å². The Morgan fingerprint density at radius 2 is 2.24 bits per heavy atom. The first-order valence-electron chi connectivity index (χ1n) is 5.87. The first-order chi connectivity index (χ1) is 8.26. The molecule has 0 spiro atoms. The number of hydrogen-bond donors (Lipinski definition) is 2. The maximum atomic E-state index is 11.5. The van der Waals surface area contributed by atoms with Crippen LogP contribution in [0.2, 0.25) is 0 Å². The van der Waals surface area contributed by atoms with Crippen LogP contribution in [0, 0.1) is 0 Å². The van der Waals surface area contributed by atoms with Crippen LogP contribution in [0.3, 0.4) is 0 Å². The number of carbonyl (C=O) groups excluding carboxylic acids is 1. The SMILES string of the molecule is CCOCc1cccc(NC(=O)CCNC)c1. The van der Waals surface area contributed by atoms with E-state index in [9.17, 15) is 4.79 Å². The van der Waals surface area contributed by atoms with E-state index >= 15 is 0 Å². The fraction of sp³-hybridized carbons (Fsp3) is 0.462. The Kier molecular flexibility index (Phi) is 6.29. The molecule has 2 N–H and O–H groups in total. The van der Waals surface area contributed by atoms with E-state index in [-0.39, 0.29) is 5.91 Å². The van der Waals surface area contributed by atoms with E-state index < -0.39 is 0 Å². The van der Waals surface area contributed by atoms with Crippen LogP contribution in [0.1, 0.15) is 18.9 Å². The molecule has 17 heavy (non-hydrogen) atoms. The first-order valence-corrected chi connectivity index (χ1v) is 5.87. The Morgan fingerprint density at radius 1 is 1.41 bits per heavy atom. The van der Waals surface area contributed by atoms with Gasteiger partial charge >= 0.3 is 0 Å². The van der Waals surface area contributed by atoms with Gasteiger partial charge in [0, 0.05) is 25.3 Å². The van der Waals surface area contributed by atoms with Crippen molar-refractivity contribution in [1.82, 2.24) is 5.32 Å². The van der Waals surface area contributed by atoms with Crippen molar-refractivity contribution >= 4 is 11.6 Å². The van der Waals surface area contributed by atoms with Crippen LogP contribution in [-0.4, -0.2) is 26.1 Å². The van der Waals surface area contributed by atoms with Crippen molar-refractivity contribution in [2.45, 2.75) is 20.0 Å². The Bertz CT molecular complexity index is 353. The fourth-order valence-corrected chi connectivity index (χ4v) is 1.42. The van der Waals surface area contributed by atoms with E-state index in [0.29, 0.717) is 26.2 Å². The van der Waals surface area contributed by atoms with Crippen LogP contribution in [0.25, 0.3) is 0 Å². The fourth-order valence-electron chi connectivity index (χ4n) is 1.42. The molecule has 0 saturated heterocycles. The lowest BCUT2D eigenvalue weighted by Crippen LogP contribution is -2.18. The van der Waals surface area contributed by atoms with Crippen molar-refractivity contribution in [3.63, 3.8) is 0 Å². The van der Waals surface area contributed by atoms with E-state index in [1.165, 1.54) is 0 Å². The van der Waals surface area contributed by atoms with Gasteiger partial charge in [-0.2, -0.15) is 0 Å². The smallest absolute Gasteiger partial charge is 0.225 e. The Balaban J connectivity index is 2.50. The van der Waals surface area contributed by atoms with E-state index in [0.717, 1.165) is 11.3 Å². The average molecular weight is 236 g/mol. The van der Waals surface area contributed by atoms with Crippen molar-refractivity contribution in [3.05, 3.63) is 29.8 Å². The normalized spacial score (nSPS) is 10.2. The first kappa shape index (κ1) is 13.7. The monoisotopic (exact) mass is 236 g/mol. The van der Waals surface area contributed by atoms with Gasteiger partial charge in [0.05, 0.1) is 6.61 Å². The predicted molar refractivity (Wildman–Crippen MR) is 68.9 cm³/mol. The highest BCUT2D eigenvalue weighted by atomic mass is 16.5. The second kappa shape index (κ2) is 7.81. The zero-order valence-electron chi connectivity index (χ0n) is 10.5. The molecule has 0 aromatic heterocycles. The molecule has 0 aliphatic carbocycles. The van der Waals surface area contributed by atoms with E-state index in [2.05, 4.69) is 10.6 Å². The summed E-state index contributed by atoms with van der Waals surface area (Å²) in [6.45, 7) is 3.92. The number of carbonyl (C=O) groups is 1. The molecule has 0 aliphatic heterocycles. The molecular weight excluding hydrogens is 216 g/mol. The molecular formula is C13H20N2O2. The van der Waals surface area contributed by atoms with Gasteiger partial charge in [0.15, 0.2) is 0 Å². The van der Waals surface area contributed by atoms with Gasteiger partial charge in [-0.3, -0.25) is 4.79 Å². The summed E-state index contributed by atoms with van der Waals surface area (Å²) in [5.41, 5.74) is 1.89. The van der Waals surface area contributed by atoms with E-state index in [1.807, 2.05) is 38.2 Å². The Labute approximate surface area is 102 Å². The lowest BCUT2D eigenvalue weighted by atomic mass is 10.2. The zero-order chi connectivity index (χ0) is 12.5. The second-order valence-corrected chi connectivity index (χ2v) is 3.74. The summed E-state index contributed by atoms with van der Waals surface area (Å²) >= 11 is 0. The molecule has 0 saturated carbocycles. The third kappa shape index (κ3) is 5.47. The third-order valence-corrected chi connectivity index (χ3v) is 2.29. The standard InChI is InChI=1S/C13H20N2O2/c1-3-17-10-11-5-4-6-12(9-11)15-13(16)7-8-14-2/h4-6,9,14H,3,7-8,10H2,1-2H3,(H,15,16). The predicted octanol–water partition coefficient (Wildman–Crippen LogP) is 1.77. The number of rotatable bonds is 7. The number of ether oxygens (including phenoxy) is 1. The van der Waals surface area contributed by atoms with Crippen LogP contribution >= 0.6 is 0 Å². The molecule has 0 heterocycles. The molecule has 0 aliphatic rings. The molecule has 94 valence electrons. The summed E-state index contributed by atoms with van der Waals surface area (Å²) in [7, 11) is 1.83. The molecule has 4 nitrogen and oxygen atoms in total. The average Bonchev–Trinajstić information content (AvgIpc) is 2.34. The van der Waals surface area contributed by atoms with Gasteiger partial charge in [0.25, 0.3) is 0 Å². The number of benzene rings is 1. The maximum Gasteiger partial charge on any atom is 0.225 e. The number of hydrogen-bond acceptors (Lipinski definition) is 3. The highest BCUT2D eigenvalue weighted by Gasteiger charge is 2.02. The van der Waals surface area contributed by atoms with Crippen LogP contribution in [-0.2, 0) is 16.1 Å². The van der Waals surface area contributed by atoms with E-state index in [4.69, 9.17) is 4.74 Å². The number of nitrogens with one attached hydrogen (secondary N) is 2. The third-order valence-electron chi connectivity index (χ3n) is 2.29. The second-order valence-electron chi connectivity index (χ2n) is 3.74. The summed E-state index contributed by atoms with van der Waals surface area (Å²) in [4.78, 5) is 11.5. The number of anilines is 1. The van der Waals surface area contributed by atoms with Gasteiger partial charge < -0.3 is 15.4 Å². The summed E-state index contributed by atoms with van der Waals surface area (Å²) in [5.74, 6) is 0.0212. The highest BCUT2D eigenvalue weighted by Crippen LogP contribution is 2.11. The molecule has 0 bridgehead atoms. The van der Waals surface area contributed by atoms with Gasteiger partial charge in [-0.1, -0.05) is 12.1 Å². The number of amides is 1. The van der Waals surface area contributed by atoms with Crippen molar-refractivity contribution in [1.29, 1.82) is 0 Å². The topological polar surface area (TPSA) is 50.4 Å². The summed E-state index contributed by atoms with van der Waals surface area (Å²) in [6, 6.07) is 7.72. The summed E-state index contributed by atoms with van der Waals surface area (Å²) in [6.07, 6.45) is 0.478. The van der Waals surface area contributed by atoms with Gasteiger partial charge in [-0.05, 0) is 31.7 Å². The molecule has 1 aromatic rings. The largest absolute Gasteiger partial charge is 0.377 e. The Morgan fingerprint density at radius 3 is 2.94 bits per heavy atom. The van der Waals surface area contributed by atoms with Crippen molar-refractivity contribution in [3.8, 4) is 0 Å². The molecule has 4 heteroatoms.